The Bertz CT molecular complexity index is 153. The zero-order valence-electron chi connectivity index (χ0n) is 11.5. The number of hydrogen-bond donors (Lipinski definition) is 2. The van der Waals surface area contributed by atoms with Gasteiger partial charge in [0.25, 0.3) is 0 Å². The highest BCUT2D eigenvalue weighted by atomic mass is 28.2. The van der Waals surface area contributed by atoms with Gasteiger partial charge in [0.1, 0.15) is 5.91 Å². The minimum Gasteiger partial charge on any atom is -0.357 e. The third kappa shape index (κ3) is 10.9. The highest BCUT2D eigenvalue weighted by Gasteiger charge is 2.09. The van der Waals surface area contributed by atoms with E-state index in [1.807, 2.05) is 0 Å². The Labute approximate surface area is 108 Å². The van der Waals surface area contributed by atoms with E-state index in [1.54, 1.807) is 0 Å². The van der Waals surface area contributed by atoms with Crippen molar-refractivity contribution in [3.05, 3.63) is 0 Å². The summed E-state index contributed by atoms with van der Waals surface area (Å²) in [6.45, 7) is 6.45. The standard InChI is InChI=1S/C12H30N2O2Si/c1-3-7-15-12(16-8-4-2)17-9-5-6-11(14)10-13/h11-12H,3-10,13-14,17H2,1-2H3. The first-order chi connectivity index (χ1) is 8.24. The molecule has 0 saturated carbocycles. The second kappa shape index (κ2) is 12.5. The van der Waals surface area contributed by atoms with Crippen LogP contribution in [0.25, 0.3) is 0 Å². The second-order valence-electron chi connectivity index (χ2n) is 4.45. The van der Waals surface area contributed by atoms with Crippen molar-refractivity contribution in [1.82, 2.24) is 0 Å². The maximum absolute atomic E-state index is 5.78. The van der Waals surface area contributed by atoms with E-state index in [1.165, 1.54) is 6.04 Å². The molecule has 0 heterocycles. The normalized spacial score (nSPS) is 13.9. The molecule has 0 rings (SSSR count). The summed E-state index contributed by atoms with van der Waals surface area (Å²) in [6.07, 6.45) is 4.29. The topological polar surface area (TPSA) is 70.5 Å². The van der Waals surface area contributed by atoms with Crippen LogP contribution in [-0.4, -0.2) is 41.2 Å². The van der Waals surface area contributed by atoms with E-state index in [-0.39, 0.29) is 21.5 Å². The third-order valence-corrected chi connectivity index (χ3v) is 4.43. The van der Waals surface area contributed by atoms with Gasteiger partial charge in [-0.2, -0.15) is 0 Å². The molecule has 0 aliphatic carbocycles. The summed E-state index contributed by atoms with van der Waals surface area (Å²) in [5.74, 6) is 0.101. The van der Waals surface area contributed by atoms with Gasteiger partial charge < -0.3 is 20.9 Å². The maximum atomic E-state index is 5.78. The molecule has 1 atom stereocenters. The van der Waals surface area contributed by atoms with E-state index in [9.17, 15) is 0 Å². The molecule has 0 aliphatic rings. The third-order valence-electron chi connectivity index (χ3n) is 2.58. The first kappa shape index (κ1) is 17.1. The van der Waals surface area contributed by atoms with Crippen molar-refractivity contribution in [3.63, 3.8) is 0 Å². The van der Waals surface area contributed by atoms with Gasteiger partial charge in [-0.15, -0.1) is 0 Å². The zero-order chi connectivity index (χ0) is 12.9. The molecule has 0 radical (unpaired) electrons. The summed E-state index contributed by atoms with van der Waals surface area (Å²) in [4.78, 5) is 0. The number of rotatable bonds is 12. The summed E-state index contributed by atoms with van der Waals surface area (Å²) in [6, 6.07) is 1.39. The van der Waals surface area contributed by atoms with Crippen LogP contribution in [0.4, 0.5) is 0 Å². The van der Waals surface area contributed by atoms with Gasteiger partial charge in [0.15, 0.2) is 0 Å². The minimum atomic E-state index is -0.307. The number of nitrogens with two attached hydrogens (primary N) is 2. The van der Waals surface area contributed by atoms with Crippen molar-refractivity contribution >= 4 is 9.52 Å². The van der Waals surface area contributed by atoms with Gasteiger partial charge in [-0.1, -0.05) is 26.3 Å². The summed E-state index contributed by atoms with van der Waals surface area (Å²) in [5.41, 5.74) is 11.3. The monoisotopic (exact) mass is 262 g/mol. The molecule has 0 aromatic heterocycles. The van der Waals surface area contributed by atoms with E-state index in [4.69, 9.17) is 20.9 Å². The van der Waals surface area contributed by atoms with Crippen molar-refractivity contribution in [1.29, 1.82) is 0 Å². The Morgan fingerprint density at radius 1 is 1.12 bits per heavy atom. The first-order valence-corrected chi connectivity index (χ1v) is 8.75. The first-order valence-electron chi connectivity index (χ1n) is 6.93. The highest BCUT2D eigenvalue weighted by Crippen LogP contribution is 2.04. The molecule has 0 aromatic rings. The average molecular weight is 262 g/mol. The van der Waals surface area contributed by atoms with Crippen molar-refractivity contribution in [3.8, 4) is 0 Å². The SMILES string of the molecule is CCCOC(OCCC)[SiH2]CCCC(N)CN. The molecule has 0 aliphatic heterocycles. The van der Waals surface area contributed by atoms with Crippen LogP contribution in [0.15, 0.2) is 0 Å². The van der Waals surface area contributed by atoms with Crippen LogP contribution in [0.3, 0.4) is 0 Å². The summed E-state index contributed by atoms with van der Waals surface area (Å²) in [7, 11) is -0.307. The van der Waals surface area contributed by atoms with Gasteiger partial charge in [0.2, 0.25) is 0 Å². The molecule has 5 heteroatoms. The Kier molecular flexibility index (Phi) is 12.6. The molecule has 4 nitrogen and oxygen atoms in total. The van der Waals surface area contributed by atoms with E-state index < -0.39 is 0 Å². The highest BCUT2D eigenvalue weighted by molar-refractivity contribution is 6.36. The smallest absolute Gasteiger partial charge is 0.134 e. The fourth-order valence-electron chi connectivity index (χ4n) is 1.55. The van der Waals surface area contributed by atoms with Crippen molar-refractivity contribution in [2.75, 3.05) is 19.8 Å². The lowest BCUT2D eigenvalue weighted by atomic mass is 10.2. The summed E-state index contributed by atoms with van der Waals surface area (Å²) >= 11 is 0. The fraction of sp³-hybridized carbons (Fsp3) is 1.00. The van der Waals surface area contributed by atoms with Crippen LogP contribution >= 0.6 is 0 Å². The lowest BCUT2D eigenvalue weighted by Gasteiger charge is -2.18. The molecular weight excluding hydrogens is 232 g/mol. The van der Waals surface area contributed by atoms with E-state index >= 15 is 0 Å². The Morgan fingerprint density at radius 3 is 2.18 bits per heavy atom. The Morgan fingerprint density at radius 2 is 1.71 bits per heavy atom. The molecule has 4 N–H and O–H groups in total. The van der Waals surface area contributed by atoms with Crippen LogP contribution in [0.1, 0.15) is 39.5 Å². The Hall–Kier alpha value is 0.0569. The summed E-state index contributed by atoms with van der Waals surface area (Å²) < 4.78 is 11.4. The van der Waals surface area contributed by atoms with Crippen molar-refractivity contribution < 1.29 is 9.47 Å². The molecule has 0 bridgehead atoms. The predicted molar refractivity (Wildman–Crippen MR) is 75.9 cm³/mol. The summed E-state index contributed by atoms with van der Waals surface area (Å²) in [5, 5.41) is 0. The lowest BCUT2D eigenvalue weighted by Crippen LogP contribution is -2.30. The van der Waals surface area contributed by atoms with Crippen molar-refractivity contribution in [2.24, 2.45) is 11.5 Å². The van der Waals surface area contributed by atoms with Gasteiger partial charge in [0, 0.05) is 25.8 Å². The van der Waals surface area contributed by atoms with Crippen LogP contribution in [-0.2, 0) is 9.47 Å². The minimum absolute atomic E-state index is 0.101. The van der Waals surface area contributed by atoms with Crippen LogP contribution in [0.2, 0.25) is 6.04 Å². The van der Waals surface area contributed by atoms with Gasteiger partial charge in [-0.3, -0.25) is 0 Å². The number of ether oxygens (including phenoxy) is 2. The van der Waals surface area contributed by atoms with Gasteiger partial charge in [0.05, 0.1) is 9.52 Å². The van der Waals surface area contributed by atoms with Crippen LogP contribution in [0, 0.1) is 0 Å². The molecular formula is C12H30N2O2Si. The van der Waals surface area contributed by atoms with Crippen molar-refractivity contribution in [2.45, 2.75) is 57.5 Å². The fourth-order valence-corrected chi connectivity index (χ4v) is 3.13. The van der Waals surface area contributed by atoms with Crippen LogP contribution in [0.5, 0.6) is 0 Å². The zero-order valence-corrected chi connectivity index (χ0v) is 12.9. The molecule has 0 spiro atoms. The quantitative estimate of drug-likeness (QED) is 0.310. The van der Waals surface area contributed by atoms with E-state index in [0.29, 0.717) is 6.54 Å². The number of hydrogen-bond acceptors (Lipinski definition) is 4. The molecule has 0 amide bonds. The van der Waals surface area contributed by atoms with Gasteiger partial charge in [-0.05, 0) is 19.3 Å². The molecule has 0 fully saturated rings. The average Bonchev–Trinajstić information content (AvgIpc) is 2.36. The maximum Gasteiger partial charge on any atom is 0.134 e. The van der Waals surface area contributed by atoms with Gasteiger partial charge in [-0.25, -0.2) is 0 Å². The van der Waals surface area contributed by atoms with E-state index in [0.717, 1.165) is 38.9 Å². The second-order valence-corrected chi connectivity index (χ2v) is 6.40. The largest absolute Gasteiger partial charge is 0.357 e. The predicted octanol–water partition coefficient (Wildman–Crippen LogP) is 0.777. The molecule has 0 saturated heterocycles. The molecule has 0 aromatic carbocycles. The molecule has 17 heavy (non-hydrogen) atoms. The lowest BCUT2D eigenvalue weighted by molar-refractivity contribution is -0.0904. The van der Waals surface area contributed by atoms with Gasteiger partial charge >= 0.3 is 0 Å². The Balaban J connectivity index is 3.59. The molecule has 104 valence electrons. The van der Waals surface area contributed by atoms with E-state index in [2.05, 4.69) is 13.8 Å². The molecule has 1 unspecified atom stereocenters. The van der Waals surface area contributed by atoms with Crippen LogP contribution < -0.4 is 11.5 Å².